The van der Waals surface area contributed by atoms with Gasteiger partial charge in [-0.3, -0.25) is 0 Å². The van der Waals surface area contributed by atoms with Gasteiger partial charge in [-0.25, -0.2) is 0 Å². The SMILES string of the molecule is CCCCCCCCCC(N)c1cccc(C)c1Br. The molecule has 0 bridgehead atoms. The van der Waals surface area contributed by atoms with Crippen molar-refractivity contribution in [2.45, 2.75) is 71.3 Å². The predicted molar refractivity (Wildman–Crippen MR) is 88.4 cm³/mol. The number of halogens is 1. The standard InChI is InChI=1S/C17H28BrN/c1-3-4-5-6-7-8-9-13-16(19)15-12-10-11-14(2)17(15)18/h10-12,16H,3-9,13,19H2,1-2H3. The van der Waals surface area contributed by atoms with Crippen LogP contribution in [0.25, 0.3) is 0 Å². The predicted octanol–water partition coefficient (Wildman–Crippen LogP) is 5.90. The van der Waals surface area contributed by atoms with Crippen LogP contribution in [0.4, 0.5) is 0 Å². The highest BCUT2D eigenvalue weighted by Gasteiger charge is 2.10. The van der Waals surface area contributed by atoms with Crippen molar-refractivity contribution in [3.63, 3.8) is 0 Å². The monoisotopic (exact) mass is 325 g/mol. The topological polar surface area (TPSA) is 26.0 Å². The second-order valence-electron chi connectivity index (χ2n) is 5.49. The van der Waals surface area contributed by atoms with Crippen LogP contribution >= 0.6 is 15.9 Å². The van der Waals surface area contributed by atoms with Crippen molar-refractivity contribution in [1.82, 2.24) is 0 Å². The van der Waals surface area contributed by atoms with Gasteiger partial charge in [0.05, 0.1) is 0 Å². The van der Waals surface area contributed by atoms with E-state index in [0.717, 1.165) is 6.42 Å². The Hall–Kier alpha value is -0.340. The average Bonchev–Trinajstić information content (AvgIpc) is 2.40. The van der Waals surface area contributed by atoms with Crippen LogP contribution in [0.2, 0.25) is 0 Å². The van der Waals surface area contributed by atoms with Crippen LogP contribution in [0.5, 0.6) is 0 Å². The van der Waals surface area contributed by atoms with Gasteiger partial charge in [0.2, 0.25) is 0 Å². The van der Waals surface area contributed by atoms with Crippen LogP contribution in [-0.4, -0.2) is 0 Å². The highest BCUT2D eigenvalue weighted by atomic mass is 79.9. The Labute approximate surface area is 127 Å². The first-order valence-electron chi connectivity index (χ1n) is 7.67. The maximum Gasteiger partial charge on any atom is 0.0306 e. The van der Waals surface area contributed by atoms with E-state index in [9.17, 15) is 0 Å². The fraction of sp³-hybridized carbons (Fsp3) is 0.647. The molecule has 0 radical (unpaired) electrons. The molecule has 0 aliphatic rings. The van der Waals surface area contributed by atoms with Crippen molar-refractivity contribution < 1.29 is 0 Å². The molecule has 0 spiro atoms. The zero-order valence-corrected chi connectivity index (χ0v) is 14.0. The Morgan fingerprint density at radius 2 is 1.68 bits per heavy atom. The summed E-state index contributed by atoms with van der Waals surface area (Å²) >= 11 is 3.65. The third kappa shape index (κ3) is 6.09. The van der Waals surface area contributed by atoms with E-state index in [1.54, 1.807) is 0 Å². The van der Waals surface area contributed by atoms with Gasteiger partial charge in [0, 0.05) is 10.5 Å². The number of aryl methyl sites for hydroxylation is 1. The van der Waals surface area contributed by atoms with Crippen LogP contribution in [0, 0.1) is 6.92 Å². The molecule has 2 N–H and O–H groups in total. The van der Waals surface area contributed by atoms with Crippen molar-refractivity contribution in [2.75, 3.05) is 0 Å². The maximum absolute atomic E-state index is 6.30. The molecule has 0 fully saturated rings. The molecule has 0 saturated heterocycles. The smallest absolute Gasteiger partial charge is 0.0306 e. The lowest BCUT2D eigenvalue weighted by atomic mass is 9.99. The van der Waals surface area contributed by atoms with E-state index in [4.69, 9.17) is 5.73 Å². The third-order valence-electron chi connectivity index (χ3n) is 3.74. The molecule has 19 heavy (non-hydrogen) atoms. The molecular weight excluding hydrogens is 298 g/mol. The van der Waals surface area contributed by atoms with Crippen LogP contribution in [0.15, 0.2) is 22.7 Å². The van der Waals surface area contributed by atoms with E-state index in [0.29, 0.717) is 0 Å². The van der Waals surface area contributed by atoms with Gasteiger partial charge in [-0.1, -0.05) is 86.0 Å². The summed E-state index contributed by atoms with van der Waals surface area (Å²) in [5.74, 6) is 0. The highest BCUT2D eigenvalue weighted by molar-refractivity contribution is 9.10. The molecule has 2 heteroatoms. The minimum absolute atomic E-state index is 0.171. The van der Waals surface area contributed by atoms with Crippen LogP contribution < -0.4 is 5.73 Å². The van der Waals surface area contributed by atoms with Gasteiger partial charge in [-0.2, -0.15) is 0 Å². The molecule has 0 aromatic heterocycles. The quantitative estimate of drug-likeness (QED) is 0.562. The molecule has 0 heterocycles. The number of hydrogen-bond acceptors (Lipinski definition) is 1. The summed E-state index contributed by atoms with van der Waals surface area (Å²) in [6.45, 7) is 4.38. The summed E-state index contributed by atoms with van der Waals surface area (Å²) in [6, 6.07) is 6.53. The van der Waals surface area contributed by atoms with Gasteiger partial charge in [0.1, 0.15) is 0 Å². The second kappa shape index (κ2) is 9.55. The largest absolute Gasteiger partial charge is 0.324 e. The maximum atomic E-state index is 6.30. The summed E-state index contributed by atoms with van der Waals surface area (Å²) in [6.07, 6.45) is 10.5. The molecule has 0 saturated carbocycles. The molecule has 1 aromatic carbocycles. The molecule has 0 aliphatic heterocycles. The Morgan fingerprint density at radius 3 is 2.37 bits per heavy atom. The molecule has 0 amide bonds. The molecule has 1 rings (SSSR count). The zero-order chi connectivity index (χ0) is 14.1. The van der Waals surface area contributed by atoms with Crippen molar-refractivity contribution in [2.24, 2.45) is 5.73 Å². The normalized spacial score (nSPS) is 12.6. The minimum atomic E-state index is 0.171. The van der Waals surface area contributed by atoms with Crippen LogP contribution in [-0.2, 0) is 0 Å². The van der Waals surface area contributed by atoms with E-state index in [1.807, 2.05) is 0 Å². The van der Waals surface area contributed by atoms with Crippen molar-refractivity contribution in [3.05, 3.63) is 33.8 Å². The Bertz CT molecular complexity index is 362. The van der Waals surface area contributed by atoms with Gasteiger partial charge in [0.15, 0.2) is 0 Å². The van der Waals surface area contributed by atoms with E-state index in [-0.39, 0.29) is 6.04 Å². The first-order valence-corrected chi connectivity index (χ1v) is 8.46. The number of unbranched alkanes of at least 4 members (excludes halogenated alkanes) is 6. The number of rotatable bonds is 9. The Kier molecular flexibility index (Phi) is 8.40. The third-order valence-corrected chi connectivity index (χ3v) is 4.82. The van der Waals surface area contributed by atoms with E-state index < -0.39 is 0 Å². The highest BCUT2D eigenvalue weighted by Crippen LogP contribution is 2.28. The lowest BCUT2D eigenvalue weighted by molar-refractivity contribution is 0.540. The minimum Gasteiger partial charge on any atom is -0.324 e. The summed E-state index contributed by atoms with van der Waals surface area (Å²) < 4.78 is 1.19. The van der Waals surface area contributed by atoms with Gasteiger partial charge in [-0.15, -0.1) is 0 Å². The Morgan fingerprint density at radius 1 is 1.05 bits per heavy atom. The van der Waals surface area contributed by atoms with E-state index in [2.05, 4.69) is 48.0 Å². The number of nitrogens with two attached hydrogens (primary N) is 1. The van der Waals surface area contributed by atoms with Crippen LogP contribution in [0.3, 0.4) is 0 Å². The molecule has 1 unspecified atom stereocenters. The lowest BCUT2D eigenvalue weighted by Gasteiger charge is -2.15. The van der Waals surface area contributed by atoms with Crippen molar-refractivity contribution in [3.8, 4) is 0 Å². The molecule has 1 atom stereocenters. The summed E-state index contributed by atoms with van der Waals surface area (Å²) in [5.41, 5.74) is 8.82. The first-order chi connectivity index (χ1) is 9.16. The molecular formula is C17H28BrN. The van der Waals surface area contributed by atoms with Gasteiger partial charge >= 0.3 is 0 Å². The van der Waals surface area contributed by atoms with Crippen molar-refractivity contribution >= 4 is 15.9 Å². The molecule has 1 aromatic rings. The number of benzene rings is 1. The van der Waals surface area contributed by atoms with E-state index in [1.165, 1.54) is 60.5 Å². The van der Waals surface area contributed by atoms with Gasteiger partial charge < -0.3 is 5.73 Å². The van der Waals surface area contributed by atoms with Crippen LogP contribution in [0.1, 0.15) is 75.5 Å². The lowest BCUT2D eigenvalue weighted by Crippen LogP contribution is -2.11. The zero-order valence-electron chi connectivity index (χ0n) is 12.4. The summed E-state index contributed by atoms with van der Waals surface area (Å²) in [5, 5.41) is 0. The van der Waals surface area contributed by atoms with Gasteiger partial charge in [-0.05, 0) is 24.5 Å². The fourth-order valence-corrected chi connectivity index (χ4v) is 2.99. The second-order valence-corrected chi connectivity index (χ2v) is 6.29. The first kappa shape index (κ1) is 16.7. The average molecular weight is 326 g/mol. The fourth-order valence-electron chi connectivity index (χ4n) is 2.43. The Balaban J connectivity index is 2.24. The van der Waals surface area contributed by atoms with E-state index >= 15 is 0 Å². The van der Waals surface area contributed by atoms with Gasteiger partial charge in [0.25, 0.3) is 0 Å². The molecule has 1 nitrogen and oxygen atoms in total. The molecule has 108 valence electrons. The number of hydrogen-bond donors (Lipinski definition) is 1. The van der Waals surface area contributed by atoms with Crippen molar-refractivity contribution in [1.29, 1.82) is 0 Å². The molecule has 0 aliphatic carbocycles. The summed E-state index contributed by atoms with van der Waals surface area (Å²) in [4.78, 5) is 0. The summed E-state index contributed by atoms with van der Waals surface area (Å²) in [7, 11) is 0.